The van der Waals surface area contributed by atoms with Crippen molar-refractivity contribution in [3.05, 3.63) is 12.7 Å². The van der Waals surface area contributed by atoms with Gasteiger partial charge in [0.2, 0.25) is 0 Å². The van der Waals surface area contributed by atoms with Crippen LogP contribution in [0.5, 0.6) is 0 Å². The number of ether oxygens (including phenoxy) is 1. The first-order valence-electron chi connectivity index (χ1n) is 5.12. The summed E-state index contributed by atoms with van der Waals surface area (Å²) in [7, 11) is 0. The molecule has 0 unspecified atom stereocenters. The summed E-state index contributed by atoms with van der Waals surface area (Å²) in [4.78, 5) is 10.5. The number of aliphatic hydroxyl groups excluding tert-OH is 1. The molecule has 0 aromatic heterocycles. The molecular formula is C11H22O3. The topological polar surface area (TPSA) is 46.5 Å². The molecule has 0 fully saturated rings. The Hall–Kier alpha value is -0.830. The maximum absolute atomic E-state index is 10.5. The Kier molecular flexibility index (Phi) is 16.4. The molecule has 0 heterocycles. The molecule has 84 valence electrons. The molecule has 0 bridgehead atoms. The highest BCUT2D eigenvalue weighted by atomic mass is 16.5. The van der Waals surface area contributed by atoms with Gasteiger partial charge < -0.3 is 9.84 Å². The summed E-state index contributed by atoms with van der Waals surface area (Å²) in [6.45, 7) is 7.91. The van der Waals surface area contributed by atoms with E-state index in [2.05, 4.69) is 13.5 Å². The Labute approximate surface area is 86.8 Å². The molecule has 0 rings (SSSR count). The number of unbranched alkanes of at least 4 members (excludes halogenated alkanes) is 3. The molecule has 0 amide bonds. The van der Waals surface area contributed by atoms with Gasteiger partial charge in [0.25, 0.3) is 0 Å². The molecule has 0 saturated carbocycles. The van der Waals surface area contributed by atoms with Crippen LogP contribution in [-0.2, 0) is 9.53 Å². The monoisotopic (exact) mass is 202 g/mol. The van der Waals surface area contributed by atoms with E-state index >= 15 is 0 Å². The van der Waals surface area contributed by atoms with Gasteiger partial charge in [-0.1, -0.05) is 32.8 Å². The van der Waals surface area contributed by atoms with E-state index in [0.717, 1.165) is 12.8 Å². The second-order valence-corrected chi connectivity index (χ2v) is 2.75. The zero-order valence-corrected chi connectivity index (χ0v) is 9.29. The van der Waals surface area contributed by atoms with Crippen molar-refractivity contribution < 1.29 is 14.6 Å². The van der Waals surface area contributed by atoms with E-state index in [1.165, 1.54) is 18.9 Å². The van der Waals surface area contributed by atoms with Gasteiger partial charge in [-0.15, -0.1) is 0 Å². The SMILES string of the molecule is C=CC(=O)OCCCCCC.CCO. The molecule has 0 spiro atoms. The average Bonchev–Trinajstić information content (AvgIpc) is 2.18. The van der Waals surface area contributed by atoms with Crippen molar-refractivity contribution in [2.24, 2.45) is 0 Å². The second-order valence-electron chi connectivity index (χ2n) is 2.75. The zero-order chi connectivity index (χ0) is 11.2. The fourth-order valence-corrected chi connectivity index (χ4v) is 0.761. The first-order valence-corrected chi connectivity index (χ1v) is 5.12. The standard InChI is InChI=1S/C9H16O2.C2H6O/c1-3-5-6-7-8-11-9(10)4-2;1-2-3/h4H,2-3,5-8H2,1H3;3H,2H2,1H3. The molecule has 0 aliphatic heterocycles. The number of carbonyl (C=O) groups excluding carboxylic acids is 1. The van der Waals surface area contributed by atoms with Crippen LogP contribution in [0.3, 0.4) is 0 Å². The molecule has 0 saturated heterocycles. The molecule has 0 aromatic rings. The van der Waals surface area contributed by atoms with Crippen LogP contribution in [0.25, 0.3) is 0 Å². The zero-order valence-electron chi connectivity index (χ0n) is 9.29. The summed E-state index contributed by atoms with van der Waals surface area (Å²) in [6, 6.07) is 0. The lowest BCUT2D eigenvalue weighted by atomic mass is 10.2. The van der Waals surface area contributed by atoms with Gasteiger partial charge in [-0.05, 0) is 13.3 Å². The van der Waals surface area contributed by atoms with E-state index in [0.29, 0.717) is 6.61 Å². The van der Waals surface area contributed by atoms with Crippen molar-refractivity contribution in [2.45, 2.75) is 39.5 Å². The van der Waals surface area contributed by atoms with Crippen LogP contribution in [0.2, 0.25) is 0 Å². The summed E-state index contributed by atoms with van der Waals surface area (Å²) in [5.74, 6) is -0.318. The molecule has 0 aliphatic carbocycles. The summed E-state index contributed by atoms with van der Waals surface area (Å²) in [5, 5.41) is 7.57. The van der Waals surface area contributed by atoms with Gasteiger partial charge in [0, 0.05) is 12.7 Å². The molecule has 0 aliphatic rings. The number of hydrogen-bond donors (Lipinski definition) is 1. The number of carbonyl (C=O) groups is 1. The Morgan fingerprint density at radius 3 is 2.36 bits per heavy atom. The number of rotatable bonds is 6. The third-order valence-corrected chi connectivity index (χ3v) is 1.41. The minimum atomic E-state index is -0.318. The van der Waals surface area contributed by atoms with Crippen molar-refractivity contribution in [1.82, 2.24) is 0 Å². The molecule has 3 nitrogen and oxygen atoms in total. The fourth-order valence-electron chi connectivity index (χ4n) is 0.761. The van der Waals surface area contributed by atoms with Gasteiger partial charge in [0.05, 0.1) is 6.61 Å². The number of hydrogen-bond acceptors (Lipinski definition) is 3. The van der Waals surface area contributed by atoms with Crippen molar-refractivity contribution in [2.75, 3.05) is 13.2 Å². The largest absolute Gasteiger partial charge is 0.463 e. The summed E-state index contributed by atoms with van der Waals surface area (Å²) < 4.78 is 4.78. The highest BCUT2D eigenvalue weighted by molar-refractivity contribution is 5.81. The van der Waals surface area contributed by atoms with Crippen LogP contribution in [0, 0.1) is 0 Å². The lowest BCUT2D eigenvalue weighted by Gasteiger charge is -1.99. The maximum Gasteiger partial charge on any atom is 0.330 e. The maximum atomic E-state index is 10.5. The first-order chi connectivity index (χ1) is 6.72. The van der Waals surface area contributed by atoms with Crippen LogP contribution >= 0.6 is 0 Å². The van der Waals surface area contributed by atoms with Crippen LogP contribution in [-0.4, -0.2) is 24.3 Å². The van der Waals surface area contributed by atoms with E-state index in [4.69, 9.17) is 9.84 Å². The van der Waals surface area contributed by atoms with Crippen molar-refractivity contribution in [3.8, 4) is 0 Å². The lowest BCUT2D eigenvalue weighted by Crippen LogP contribution is -2.01. The predicted molar refractivity (Wildman–Crippen MR) is 58.1 cm³/mol. The van der Waals surface area contributed by atoms with Crippen LogP contribution in [0.1, 0.15) is 39.5 Å². The van der Waals surface area contributed by atoms with E-state index in [-0.39, 0.29) is 12.6 Å². The van der Waals surface area contributed by atoms with E-state index < -0.39 is 0 Å². The van der Waals surface area contributed by atoms with Crippen molar-refractivity contribution in [3.63, 3.8) is 0 Å². The summed E-state index contributed by atoms with van der Waals surface area (Å²) in [6.07, 6.45) is 5.72. The van der Waals surface area contributed by atoms with Crippen LogP contribution in [0.4, 0.5) is 0 Å². The van der Waals surface area contributed by atoms with Gasteiger partial charge in [0.15, 0.2) is 0 Å². The molecular weight excluding hydrogens is 180 g/mol. The Bertz CT molecular complexity index is 132. The summed E-state index contributed by atoms with van der Waals surface area (Å²) >= 11 is 0. The molecule has 3 heteroatoms. The quantitative estimate of drug-likeness (QED) is 0.408. The third kappa shape index (κ3) is 17.3. The highest BCUT2D eigenvalue weighted by Gasteiger charge is 1.93. The Balaban J connectivity index is 0. The Morgan fingerprint density at radius 1 is 1.36 bits per heavy atom. The van der Waals surface area contributed by atoms with E-state index in [1.54, 1.807) is 6.92 Å². The molecule has 0 aromatic carbocycles. The van der Waals surface area contributed by atoms with Gasteiger partial charge in [-0.2, -0.15) is 0 Å². The first kappa shape index (κ1) is 15.6. The summed E-state index contributed by atoms with van der Waals surface area (Å²) in [5.41, 5.74) is 0. The normalized spacial score (nSPS) is 8.50. The lowest BCUT2D eigenvalue weighted by molar-refractivity contribution is -0.137. The van der Waals surface area contributed by atoms with Crippen LogP contribution in [0.15, 0.2) is 12.7 Å². The predicted octanol–water partition coefficient (Wildman–Crippen LogP) is 2.29. The van der Waals surface area contributed by atoms with Crippen LogP contribution < -0.4 is 0 Å². The van der Waals surface area contributed by atoms with Gasteiger partial charge >= 0.3 is 5.97 Å². The second kappa shape index (κ2) is 14.7. The third-order valence-electron chi connectivity index (χ3n) is 1.41. The molecule has 1 N–H and O–H groups in total. The minimum Gasteiger partial charge on any atom is -0.463 e. The smallest absolute Gasteiger partial charge is 0.330 e. The van der Waals surface area contributed by atoms with E-state index in [1.807, 2.05) is 0 Å². The molecule has 14 heavy (non-hydrogen) atoms. The van der Waals surface area contributed by atoms with Crippen molar-refractivity contribution in [1.29, 1.82) is 0 Å². The number of aliphatic hydroxyl groups is 1. The fraction of sp³-hybridized carbons (Fsp3) is 0.727. The van der Waals surface area contributed by atoms with Gasteiger partial charge in [-0.25, -0.2) is 4.79 Å². The highest BCUT2D eigenvalue weighted by Crippen LogP contribution is 1.98. The van der Waals surface area contributed by atoms with Gasteiger partial charge in [-0.3, -0.25) is 0 Å². The Morgan fingerprint density at radius 2 is 1.93 bits per heavy atom. The molecule has 0 radical (unpaired) electrons. The van der Waals surface area contributed by atoms with Gasteiger partial charge in [0.1, 0.15) is 0 Å². The molecule has 0 atom stereocenters. The van der Waals surface area contributed by atoms with Crippen molar-refractivity contribution >= 4 is 5.97 Å². The van der Waals surface area contributed by atoms with E-state index in [9.17, 15) is 4.79 Å². The number of esters is 1. The average molecular weight is 202 g/mol. The minimum absolute atomic E-state index is 0.250.